The molecule has 4 aliphatic rings. The van der Waals surface area contributed by atoms with Gasteiger partial charge in [0.25, 0.3) is 0 Å². The van der Waals surface area contributed by atoms with Gasteiger partial charge in [-0.05, 0) is 43.9 Å². The van der Waals surface area contributed by atoms with Gasteiger partial charge in [-0.2, -0.15) is 0 Å². The minimum Gasteiger partial charge on any atom is -0.384 e. The molecule has 4 fully saturated rings. The molecule has 4 bridgehead atoms. The van der Waals surface area contributed by atoms with Crippen molar-refractivity contribution in [1.29, 1.82) is 0 Å². The molecule has 0 saturated heterocycles. The van der Waals surface area contributed by atoms with Crippen LogP contribution in [-0.4, -0.2) is 26.7 Å². The summed E-state index contributed by atoms with van der Waals surface area (Å²) >= 11 is 0. The largest absolute Gasteiger partial charge is 0.384 e. The van der Waals surface area contributed by atoms with Crippen LogP contribution in [0.4, 0.5) is 0 Å². The molecule has 0 spiro atoms. The van der Waals surface area contributed by atoms with Gasteiger partial charge in [0, 0.05) is 5.92 Å². The summed E-state index contributed by atoms with van der Waals surface area (Å²) in [7, 11) is 0. The quantitative estimate of drug-likeness (QED) is 0.470. The molecule has 0 aromatic heterocycles. The predicted octanol–water partition coefficient (Wildman–Crippen LogP) is 0.197. The molecule has 3 N–H and O–H groups in total. The van der Waals surface area contributed by atoms with Crippen LogP contribution in [0.1, 0.15) is 32.1 Å². The summed E-state index contributed by atoms with van der Waals surface area (Å²) in [5, 5.41) is 29.7. The summed E-state index contributed by atoms with van der Waals surface area (Å²) in [4.78, 5) is 0. The highest BCUT2D eigenvalue weighted by atomic mass is 16.5. The first-order valence-corrected chi connectivity index (χ1v) is 5.03. The van der Waals surface area contributed by atoms with Gasteiger partial charge < -0.3 is 15.3 Å². The standard InChI is InChI=1S/C10H15O3/c11-9-4-6-1-7(5-9)3-8(2-6)10(9,12)13/h6-7,11-13H,1-5H2. The highest BCUT2D eigenvalue weighted by Crippen LogP contribution is 2.60. The second kappa shape index (κ2) is 2.10. The Labute approximate surface area is 77.4 Å². The Kier molecular flexibility index (Phi) is 1.33. The smallest absolute Gasteiger partial charge is 0.198 e. The molecule has 1 radical (unpaired) electrons. The molecule has 4 saturated carbocycles. The zero-order chi connectivity index (χ0) is 9.27. The average molecular weight is 183 g/mol. The topological polar surface area (TPSA) is 60.7 Å². The molecular formula is C10H15O3. The minimum atomic E-state index is -1.89. The lowest BCUT2D eigenvalue weighted by molar-refractivity contribution is -0.314. The molecule has 0 aromatic rings. The van der Waals surface area contributed by atoms with Crippen LogP contribution in [0.2, 0.25) is 0 Å². The number of hydrogen-bond acceptors (Lipinski definition) is 3. The lowest BCUT2D eigenvalue weighted by Gasteiger charge is -2.60. The molecule has 0 aromatic carbocycles. The second-order valence-corrected chi connectivity index (χ2v) is 5.09. The maximum atomic E-state index is 10.1. The fraction of sp³-hybridized carbons (Fsp3) is 0.900. The van der Waals surface area contributed by atoms with Gasteiger partial charge in [0.05, 0.1) is 0 Å². The SMILES string of the molecule is OC12CC3C[C](CC(C3)C1)C2(O)O. The van der Waals surface area contributed by atoms with Gasteiger partial charge in [-0.3, -0.25) is 0 Å². The highest BCUT2D eigenvalue weighted by molar-refractivity contribution is 5.24. The Morgan fingerprint density at radius 3 is 2.00 bits per heavy atom. The van der Waals surface area contributed by atoms with Crippen LogP contribution in [0.15, 0.2) is 0 Å². The van der Waals surface area contributed by atoms with Gasteiger partial charge in [0.2, 0.25) is 0 Å². The molecule has 3 nitrogen and oxygen atoms in total. The molecule has 0 amide bonds. The minimum absolute atomic E-state index is 0.500. The summed E-state index contributed by atoms with van der Waals surface area (Å²) in [5.41, 5.74) is -1.23. The molecular weight excluding hydrogens is 168 g/mol. The van der Waals surface area contributed by atoms with E-state index in [1.54, 1.807) is 0 Å². The zero-order valence-electron chi connectivity index (χ0n) is 7.53. The van der Waals surface area contributed by atoms with E-state index in [0.29, 0.717) is 24.7 Å². The first-order chi connectivity index (χ1) is 6.01. The monoisotopic (exact) mass is 183 g/mol. The van der Waals surface area contributed by atoms with Crippen LogP contribution in [0, 0.1) is 17.8 Å². The highest BCUT2D eigenvalue weighted by Gasteiger charge is 2.64. The molecule has 13 heavy (non-hydrogen) atoms. The van der Waals surface area contributed by atoms with Crippen molar-refractivity contribution in [3.8, 4) is 0 Å². The van der Waals surface area contributed by atoms with Crippen LogP contribution in [0.5, 0.6) is 0 Å². The van der Waals surface area contributed by atoms with Crippen molar-refractivity contribution in [2.24, 2.45) is 11.8 Å². The molecule has 3 heteroatoms. The Morgan fingerprint density at radius 2 is 1.54 bits per heavy atom. The Balaban J connectivity index is 2.03. The van der Waals surface area contributed by atoms with E-state index in [1.165, 1.54) is 6.42 Å². The average Bonchev–Trinajstić information content (AvgIpc) is 1.99. The van der Waals surface area contributed by atoms with Gasteiger partial charge in [0.15, 0.2) is 5.79 Å². The molecule has 0 aliphatic heterocycles. The number of aliphatic hydroxyl groups is 3. The van der Waals surface area contributed by atoms with Crippen LogP contribution >= 0.6 is 0 Å². The van der Waals surface area contributed by atoms with Gasteiger partial charge in [-0.25, -0.2) is 0 Å². The first kappa shape index (κ1) is 8.21. The van der Waals surface area contributed by atoms with Gasteiger partial charge in [-0.1, -0.05) is 0 Å². The number of hydrogen-bond donors (Lipinski definition) is 3. The number of rotatable bonds is 0. The Morgan fingerprint density at radius 1 is 1.00 bits per heavy atom. The zero-order valence-corrected chi connectivity index (χ0v) is 7.53. The van der Waals surface area contributed by atoms with Gasteiger partial charge in [-0.15, -0.1) is 0 Å². The maximum absolute atomic E-state index is 10.1. The summed E-state index contributed by atoms with van der Waals surface area (Å²) in [5.74, 6) is -0.117. The van der Waals surface area contributed by atoms with E-state index in [1.807, 2.05) is 0 Å². The summed E-state index contributed by atoms with van der Waals surface area (Å²) in [6, 6.07) is 0. The molecule has 4 aliphatic carbocycles. The third-order valence-corrected chi connectivity index (χ3v) is 4.13. The van der Waals surface area contributed by atoms with Crippen LogP contribution in [0.25, 0.3) is 0 Å². The lowest BCUT2D eigenvalue weighted by atomic mass is 9.51. The maximum Gasteiger partial charge on any atom is 0.198 e. The first-order valence-electron chi connectivity index (χ1n) is 5.03. The molecule has 73 valence electrons. The second-order valence-electron chi connectivity index (χ2n) is 5.09. The predicted molar refractivity (Wildman–Crippen MR) is 45.4 cm³/mol. The van der Waals surface area contributed by atoms with Crippen molar-refractivity contribution in [3.63, 3.8) is 0 Å². The van der Waals surface area contributed by atoms with Crippen LogP contribution < -0.4 is 0 Å². The molecule has 4 rings (SSSR count). The Bertz CT molecular complexity index is 235. The normalized spacial score (nSPS) is 52.8. The molecule has 2 atom stereocenters. The van der Waals surface area contributed by atoms with Crippen molar-refractivity contribution >= 4 is 0 Å². The van der Waals surface area contributed by atoms with Crippen molar-refractivity contribution in [2.75, 3.05) is 0 Å². The van der Waals surface area contributed by atoms with E-state index >= 15 is 0 Å². The van der Waals surface area contributed by atoms with Gasteiger partial charge in [0.1, 0.15) is 5.60 Å². The third-order valence-electron chi connectivity index (χ3n) is 4.13. The van der Waals surface area contributed by atoms with Crippen molar-refractivity contribution < 1.29 is 15.3 Å². The fourth-order valence-corrected chi connectivity index (χ4v) is 3.67. The Hall–Kier alpha value is -0.120. The van der Waals surface area contributed by atoms with E-state index < -0.39 is 11.4 Å². The van der Waals surface area contributed by atoms with E-state index in [9.17, 15) is 15.3 Å². The third kappa shape index (κ3) is 0.853. The lowest BCUT2D eigenvalue weighted by Crippen LogP contribution is -2.68. The fourth-order valence-electron chi connectivity index (χ4n) is 3.67. The van der Waals surface area contributed by atoms with Crippen LogP contribution in [-0.2, 0) is 0 Å². The molecule has 2 unspecified atom stereocenters. The molecule has 0 heterocycles. The van der Waals surface area contributed by atoms with Crippen LogP contribution in [0.3, 0.4) is 0 Å². The van der Waals surface area contributed by atoms with Crippen molar-refractivity contribution in [2.45, 2.75) is 43.5 Å². The van der Waals surface area contributed by atoms with E-state index in [2.05, 4.69) is 0 Å². The summed E-state index contributed by atoms with van der Waals surface area (Å²) in [6.07, 6.45) is 3.93. The van der Waals surface area contributed by atoms with Gasteiger partial charge >= 0.3 is 0 Å². The summed E-state index contributed by atoms with van der Waals surface area (Å²) in [6.45, 7) is 0. The summed E-state index contributed by atoms with van der Waals surface area (Å²) < 4.78 is 0. The van der Waals surface area contributed by atoms with E-state index in [0.717, 1.165) is 18.8 Å². The van der Waals surface area contributed by atoms with E-state index in [4.69, 9.17) is 0 Å². The van der Waals surface area contributed by atoms with Crippen molar-refractivity contribution in [3.05, 3.63) is 5.92 Å². The van der Waals surface area contributed by atoms with E-state index in [-0.39, 0.29) is 0 Å². The van der Waals surface area contributed by atoms with Crippen molar-refractivity contribution in [1.82, 2.24) is 0 Å².